The Kier molecular flexibility index (Phi) is 3.99. The van der Waals surface area contributed by atoms with E-state index in [2.05, 4.69) is 4.98 Å². The van der Waals surface area contributed by atoms with Gasteiger partial charge in [-0.15, -0.1) is 0 Å². The number of hydrogen-bond donors (Lipinski definition) is 1. The Labute approximate surface area is 107 Å². The molecule has 4 nitrogen and oxygen atoms in total. The molecule has 0 aliphatic heterocycles. The molecule has 0 fully saturated rings. The predicted molar refractivity (Wildman–Crippen MR) is 71.5 cm³/mol. The van der Waals surface area contributed by atoms with Crippen molar-refractivity contribution in [3.8, 4) is 5.75 Å². The minimum absolute atomic E-state index is 0.0966. The van der Waals surface area contributed by atoms with Crippen molar-refractivity contribution in [3.63, 3.8) is 0 Å². The van der Waals surface area contributed by atoms with Gasteiger partial charge in [0.1, 0.15) is 11.6 Å². The minimum atomic E-state index is -0.0966. The Morgan fingerprint density at radius 3 is 2.83 bits per heavy atom. The van der Waals surface area contributed by atoms with Gasteiger partial charge in [0.15, 0.2) is 0 Å². The molecule has 2 N–H and O–H groups in total. The number of imidazole rings is 1. The fourth-order valence-electron chi connectivity index (χ4n) is 1.98. The molecule has 0 saturated carbocycles. The van der Waals surface area contributed by atoms with Gasteiger partial charge in [-0.3, -0.25) is 0 Å². The summed E-state index contributed by atoms with van der Waals surface area (Å²) >= 11 is 0. The van der Waals surface area contributed by atoms with Crippen LogP contribution in [0.3, 0.4) is 0 Å². The summed E-state index contributed by atoms with van der Waals surface area (Å²) in [6.07, 6.45) is 3.73. The summed E-state index contributed by atoms with van der Waals surface area (Å²) in [6, 6.07) is 7.82. The fraction of sp³-hybridized carbons (Fsp3) is 0.357. The van der Waals surface area contributed by atoms with Crippen LogP contribution in [0.4, 0.5) is 0 Å². The van der Waals surface area contributed by atoms with Gasteiger partial charge < -0.3 is 15.0 Å². The van der Waals surface area contributed by atoms with Gasteiger partial charge in [0.05, 0.1) is 12.6 Å². The van der Waals surface area contributed by atoms with Gasteiger partial charge in [-0.25, -0.2) is 4.98 Å². The van der Waals surface area contributed by atoms with E-state index in [-0.39, 0.29) is 6.04 Å². The zero-order valence-corrected chi connectivity index (χ0v) is 10.8. The Balaban J connectivity index is 2.18. The van der Waals surface area contributed by atoms with Crippen LogP contribution in [-0.4, -0.2) is 16.2 Å². The van der Waals surface area contributed by atoms with Crippen molar-refractivity contribution in [3.05, 3.63) is 48.0 Å². The lowest BCUT2D eigenvalue weighted by Gasteiger charge is -2.17. The predicted octanol–water partition coefficient (Wildman–Crippen LogP) is 2.29. The average Bonchev–Trinajstić information content (AvgIpc) is 2.76. The van der Waals surface area contributed by atoms with Crippen molar-refractivity contribution in [1.29, 1.82) is 0 Å². The first-order valence-electron chi connectivity index (χ1n) is 6.17. The molecular weight excluding hydrogens is 226 g/mol. The van der Waals surface area contributed by atoms with Gasteiger partial charge in [-0.1, -0.05) is 18.2 Å². The van der Waals surface area contributed by atoms with Crippen molar-refractivity contribution in [2.75, 3.05) is 6.61 Å². The quantitative estimate of drug-likeness (QED) is 0.879. The number of ether oxygens (including phenoxy) is 1. The van der Waals surface area contributed by atoms with Crippen LogP contribution in [0.15, 0.2) is 36.7 Å². The number of hydrogen-bond acceptors (Lipinski definition) is 3. The zero-order chi connectivity index (χ0) is 13.0. The highest BCUT2D eigenvalue weighted by atomic mass is 16.5. The van der Waals surface area contributed by atoms with E-state index in [0.717, 1.165) is 17.1 Å². The third-order valence-corrected chi connectivity index (χ3v) is 2.94. The van der Waals surface area contributed by atoms with Crippen LogP contribution in [0.25, 0.3) is 0 Å². The molecule has 1 aromatic carbocycles. The molecular formula is C14H19N3O. The van der Waals surface area contributed by atoms with E-state index < -0.39 is 0 Å². The van der Waals surface area contributed by atoms with Crippen LogP contribution < -0.4 is 10.5 Å². The molecule has 0 saturated heterocycles. The Bertz CT molecular complexity index is 507. The molecule has 2 aromatic rings. The second kappa shape index (κ2) is 5.69. The summed E-state index contributed by atoms with van der Waals surface area (Å²) in [7, 11) is 0. The van der Waals surface area contributed by atoms with Crippen molar-refractivity contribution in [2.45, 2.75) is 26.4 Å². The molecule has 96 valence electrons. The Hall–Kier alpha value is -1.81. The van der Waals surface area contributed by atoms with E-state index in [0.29, 0.717) is 13.2 Å². The van der Waals surface area contributed by atoms with Crippen molar-refractivity contribution in [2.24, 2.45) is 5.73 Å². The van der Waals surface area contributed by atoms with Crippen LogP contribution in [0.1, 0.15) is 24.4 Å². The summed E-state index contributed by atoms with van der Waals surface area (Å²) < 4.78 is 7.65. The molecule has 18 heavy (non-hydrogen) atoms. The first kappa shape index (κ1) is 12.6. The van der Waals surface area contributed by atoms with E-state index in [9.17, 15) is 0 Å². The molecule has 1 heterocycles. The highest BCUT2D eigenvalue weighted by Crippen LogP contribution is 2.24. The van der Waals surface area contributed by atoms with E-state index in [1.165, 1.54) is 0 Å². The van der Waals surface area contributed by atoms with Crippen LogP contribution in [-0.2, 0) is 6.54 Å². The SMILES string of the molecule is CCOc1ccccc1C(N)Cn1ccnc1C. The number of aryl methyl sites for hydroxylation is 1. The first-order valence-corrected chi connectivity index (χ1v) is 6.17. The van der Waals surface area contributed by atoms with E-state index in [1.807, 2.05) is 48.9 Å². The number of nitrogens with zero attached hydrogens (tertiary/aromatic N) is 2. The van der Waals surface area contributed by atoms with Crippen LogP contribution in [0.5, 0.6) is 5.75 Å². The smallest absolute Gasteiger partial charge is 0.124 e. The molecule has 0 bridgehead atoms. The lowest BCUT2D eigenvalue weighted by atomic mass is 10.1. The average molecular weight is 245 g/mol. The molecule has 2 rings (SSSR count). The molecule has 0 aliphatic carbocycles. The minimum Gasteiger partial charge on any atom is -0.494 e. The van der Waals surface area contributed by atoms with E-state index in [4.69, 9.17) is 10.5 Å². The van der Waals surface area contributed by atoms with Gasteiger partial charge in [0.25, 0.3) is 0 Å². The van der Waals surface area contributed by atoms with E-state index in [1.54, 1.807) is 6.20 Å². The Morgan fingerprint density at radius 1 is 1.39 bits per heavy atom. The van der Waals surface area contributed by atoms with Gasteiger partial charge in [-0.2, -0.15) is 0 Å². The molecule has 1 aromatic heterocycles. The summed E-state index contributed by atoms with van der Waals surface area (Å²) in [5, 5.41) is 0. The van der Waals surface area contributed by atoms with Crippen molar-refractivity contribution < 1.29 is 4.74 Å². The maximum absolute atomic E-state index is 6.26. The normalized spacial score (nSPS) is 12.4. The topological polar surface area (TPSA) is 53.1 Å². The molecule has 4 heteroatoms. The lowest BCUT2D eigenvalue weighted by molar-refractivity contribution is 0.332. The van der Waals surface area contributed by atoms with Gasteiger partial charge >= 0.3 is 0 Å². The van der Waals surface area contributed by atoms with Crippen molar-refractivity contribution >= 4 is 0 Å². The number of para-hydroxylation sites is 1. The van der Waals surface area contributed by atoms with Crippen LogP contribution >= 0.6 is 0 Å². The van der Waals surface area contributed by atoms with Crippen LogP contribution in [0.2, 0.25) is 0 Å². The highest BCUT2D eigenvalue weighted by molar-refractivity contribution is 5.35. The third-order valence-electron chi connectivity index (χ3n) is 2.94. The maximum atomic E-state index is 6.26. The molecule has 0 radical (unpaired) electrons. The monoisotopic (exact) mass is 245 g/mol. The summed E-state index contributed by atoms with van der Waals surface area (Å²) in [5.74, 6) is 1.84. The van der Waals surface area contributed by atoms with Crippen molar-refractivity contribution in [1.82, 2.24) is 9.55 Å². The summed E-state index contributed by atoms with van der Waals surface area (Å²) in [6.45, 7) is 5.30. The zero-order valence-electron chi connectivity index (χ0n) is 10.8. The number of aromatic nitrogens is 2. The fourth-order valence-corrected chi connectivity index (χ4v) is 1.98. The van der Waals surface area contributed by atoms with Gasteiger partial charge in [0, 0.05) is 24.5 Å². The molecule has 0 aliphatic rings. The standard InChI is InChI=1S/C14H19N3O/c1-3-18-14-7-5-4-6-12(14)13(15)10-17-9-8-16-11(17)2/h4-9,13H,3,10,15H2,1-2H3. The van der Waals surface area contributed by atoms with E-state index >= 15 is 0 Å². The van der Waals surface area contributed by atoms with Gasteiger partial charge in [-0.05, 0) is 19.9 Å². The molecule has 0 spiro atoms. The Morgan fingerprint density at radius 2 is 2.17 bits per heavy atom. The molecule has 1 atom stereocenters. The van der Waals surface area contributed by atoms with Crippen LogP contribution in [0, 0.1) is 6.92 Å². The second-order valence-electron chi connectivity index (χ2n) is 4.20. The summed E-state index contributed by atoms with van der Waals surface area (Å²) in [4.78, 5) is 4.20. The number of rotatable bonds is 5. The molecule has 0 amide bonds. The second-order valence-corrected chi connectivity index (χ2v) is 4.20. The number of benzene rings is 1. The maximum Gasteiger partial charge on any atom is 0.124 e. The van der Waals surface area contributed by atoms with Gasteiger partial charge in [0.2, 0.25) is 0 Å². The molecule has 1 unspecified atom stereocenters. The lowest BCUT2D eigenvalue weighted by Crippen LogP contribution is -2.19. The largest absolute Gasteiger partial charge is 0.494 e. The summed E-state index contributed by atoms with van der Waals surface area (Å²) in [5.41, 5.74) is 7.29. The highest BCUT2D eigenvalue weighted by Gasteiger charge is 2.12. The first-order chi connectivity index (χ1) is 8.72. The number of nitrogens with two attached hydrogens (primary N) is 1. The third kappa shape index (κ3) is 2.71.